The number of hydrogen-bond donors (Lipinski definition) is 0. The van der Waals surface area contributed by atoms with Crippen molar-refractivity contribution in [2.45, 2.75) is 101 Å². The van der Waals surface area contributed by atoms with Crippen LogP contribution in [0.25, 0.3) is 0 Å². The maximum absolute atomic E-state index is 7.01. The first kappa shape index (κ1) is 46.8. The lowest BCUT2D eigenvalue weighted by Crippen LogP contribution is -2.61. The zero-order chi connectivity index (χ0) is 44.3. The minimum atomic E-state index is -0.731. The number of rotatable bonds is 23. The summed E-state index contributed by atoms with van der Waals surface area (Å²) in [5.74, 6) is 0.513. The van der Waals surface area contributed by atoms with Gasteiger partial charge in [-0.15, -0.1) is 11.8 Å². The molecule has 0 amide bonds. The molecule has 0 bridgehead atoms. The van der Waals surface area contributed by atoms with E-state index in [0.29, 0.717) is 58.4 Å². The molecule has 9 atom stereocenters. The van der Waals surface area contributed by atoms with Gasteiger partial charge in [0.15, 0.2) is 6.29 Å². The van der Waals surface area contributed by atoms with Crippen molar-refractivity contribution in [2.24, 2.45) is 0 Å². The summed E-state index contributed by atoms with van der Waals surface area (Å²) in [4.78, 5) is 0. The maximum atomic E-state index is 7.01. The molecule has 0 aromatic heterocycles. The van der Waals surface area contributed by atoms with Crippen LogP contribution in [0.1, 0.15) is 39.8 Å². The monoisotopic (exact) mass is 896 g/mol. The molecule has 2 aliphatic rings. The van der Waals surface area contributed by atoms with E-state index < -0.39 is 42.9 Å². The molecular formula is C55H60O9S. The second-order valence-electron chi connectivity index (χ2n) is 16.3. The Hall–Kier alpha value is -4.69. The number of hydrogen-bond acceptors (Lipinski definition) is 10. The molecular weight excluding hydrogens is 837 g/mol. The van der Waals surface area contributed by atoms with E-state index in [0.717, 1.165) is 33.4 Å². The lowest BCUT2D eigenvalue weighted by molar-refractivity contribution is -0.313. The highest BCUT2D eigenvalue weighted by atomic mass is 32.2. The van der Waals surface area contributed by atoms with E-state index in [2.05, 4.69) is 60.7 Å². The van der Waals surface area contributed by atoms with Gasteiger partial charge in [0.1, 0.15) is 36.0 Å². The van der Waals surface area contributed by atoms with Gasteiger partial charge in [0.25, 0.3) is 0 Å². The second kappa shape index (κ2) is 25.3. The van der Waals surface area contributed by atoms with Gasteiger partial charge in [-0.2, -0.15) is 0 Å². The third-order valence-corrected chi connectivity index (χ3v) is 12.8. The highest BCUT2D eigenvalue weighted by Crippen LogP contribution is 2.37. The van der Waals surface area contributed by atoms with Gasteiger partial charge in [-0.05, 0) is 33.4 Å². The predicted octanol–water partition coefficient (Wildman–Crippen LogP) is 10.3. The van der Waals surface area contributed by atoms with E-state index in [1.54, 1.807) is 18.9 Å². The van der Waals surface area contributed by atoms with Gasteiger partial charge >= 0.3 is 0 Å². The predicted molar refractivity (Wildman–Crippen MR) is 253 cm³/mol. The minimum absolute atomic E-state index is 0.284. The summed E-state index contributed by atoms with van der Waals surface area (Å²) in [6.07, 6.45) is -3.39. The first-order valence-electron chi connectivity index (χ1n) is 22.5. The minimum Gasteiger partial charge on any atom is -0.374 e. The quantitative estimate of drug-likeness (QED) is 0.0620. The molecule has 0 N–H and O–H groups in total. The maximum Gasteiger partial charge on any atom is 0.186 e. The lowest BCUT2D eigenvalue weighted by Gasteiger charge is -2.46. The molecule has 340 valence electrons. The van der Waals surface area contributed by atoms with Crippen molar-refractivity contribution in [3.8, 4) is 0 Å². The highest BCUT2D eigenvalue weighted by Gasteiger charge is 2.49. The van der Waals surface area contributed by atoms with Crippen LogP contribution in [-0.4, -0.2) is 73.9 Å². The zero-order valence-corrected chi connectivity index (χ0v) is 37.8. The van der Waals surface area contributed by atoms with Crippen molar-refractivity contribution in [2.75, 3.05) is 19.5 Å². The van der Waals surface area contributed by atoms with Gasteiger partial charge in [-0.25, -0.2) is 0 Å². The van der Waals surface area contributed by atoms with Crippen LogP contribution in [0.2, 0.25) is 0 Å². The molecule has 6 aromatic carbocycles. The van der Waals surface area contributed by atoms with Gasteiger partial charge in [-0.1, -0.05) is 182 Å². The molecule has 0 spiro atoms. The summed E-state index contributed by atoms with van der Waals surface area (Å²) in [5.41, 5.74) is 6.10. The number of ether oxygens (including phenoxy) is 9. The topological polar surface area (TPSA) is 83.1 Å². The molecule has 10 heteroatoms. The Balaban J connectivity index is 1.05. The summed E-state index contributed by atoms with van der Waals surface area (Å²) in [5, 5.41) is 0. The van der Waals surface area contributed by atoms with Crippen molar-refractivity contribution < 1.29 is 42.6 Å². The Kier molecular flexibility index (Phi) is 18.2. The Labute approximate surface area is 388 Å². The Morgan fingerprint density at radius 1 is 0.415 bits per heavy atom. The highest BCUT2D eigenvalue weighted by molar-refractivity contribution is 7.99. The molecule has 0 aliphatic carbocycles. The normalized spacial score (nSPS) is 24.4. The number of thioether (sulfide) groups is 1. The second-order valence-corrected chi connectivity index (χ2v) is 17.5. The Bertz CT molecular complexity index is 2190. The molecule has 6 aromatic rings. The third kappa shape index (κ3) is 14.2. The van der Waals surface area contributed by atoms with Crippen LogP contribution in [0.4, 0.5) is 0 Å². The molecule has 2 heterocycles. The van der Waals surface area contributed by atoms with E-state index in [-0.39, 0.29) is 11.5 Å². The van der Waals surface area contributed by atoms with E-state index in [1.165, 1.54) is 0 Å². The van der Waals surface area contributed by atoms with Crippen LogP contribution in [0.15, 0.2) is 182 Å². The molecule has 65 heavy (non-hydrogen) atoms. The van der Waals surface area contributed by atoms with E-state index in [4.69, 9.17) is 42.6 Å². The van der Waals surface area contributed by atoms with Crippen LogP contribution < -0.4 is 0 Å². The van der Waals surface area contributed by atoms with Crippen LogP contribution >= 0.6 is 11.8 Å². The average molecular weight is 897 g/mol. The standard InChI is InChI=1S/C55H60O9S/c1-56-55-54(62-38-46-30-18-7-19-31-46)53(61-37-45-28-16-6-17-29-45)52(60-36-44-26-14-5-15-27-44)49(64-55)40-65-50-32-47(58-34-42-22-10-3-11-23-42)51(59-35-43-24-12-4-13-25-43)48(63-50)39-57-33-41-20-8-2-9-21-41/h2-31,47-55H,32-40H2,1H3/t47?,48?,49?,50-,51-,52+,53?,54?,55-/m0/s1. The smallest absolute Gasteiger partial charge is 0.186 e. The summed E-state index contributed by atoms with van der Waals surface area (Å²) in [7, 11) is 1.65. The van der Waals surface area contributed by atoms with Gasteiger partial charge in [0, 0.05) is 19.3 Å². The fraction of sp³-hybridized carbons (Fsp3) is 0.345. The molecule has 9 nitrogen and oxygen atoms in total. The van der Waals surface area contributed by atoms with Crippen molar-refractivity contribution in [1.29, 1.82) is 0 Å². The van der Waals surface area contributed by atoms with E-state index in [1.807, 2.05) is 121 Å². The van der Waals surface area contributed by atoms with Crippen molar-refractivity contribution in [1.82, 2.24) is 0 Å². The largest absolute Gasteiger partial charge is 0.374 e. The van der Waals surface area contributed by atoms with E-state index >= 15 is 0 Å². The van der Waals surface area contributed by atoms with Crippen molar-refractivity contribution in [3.05, 3.63) is 215 Å². The summed E-state index contributed by atoms with van der Waals surface area (Å²) < 4.78 is 60.5. The fourth-order valence-corrected chi connectivity index (χ4v) is 9.41. The third-order valence-electron chi connectivity index (χ3n) is 11.6. The first-order valence-corrected chi connectivity index (χ1v) is 23.6. The van der Waals surface area contributed by atoms with E-state index in [9.17, 15) is 0 Å². The molecule has 2 aliphatic heterocycles. The van der Waals surface area contributed by atoms with Gasteiger partial charge in [0.2, 0.25) is 0 Å². The number of methoxy groups -OCH3 is 1. The molecule has 0 radical (unpaired) electrons. The van der Waals surface area contributed by atoms with Crippen LogP contribution in [0, 0.1) is 0 Å². The fourth-order valence-electron chi connectivity index (χ4n) is 8.19. The molecule has 2 fully saturated rings. The lowest BCUT2D eigenvalue weighted by atomic mass is 9.98. The van der Waals surface area contributed by atoms with Gasteiger partial charge < -0.3 is 42.6 Å². The van der Waals surface area contributed by atoms with Gasteiger partial charge in [0.05, 0.1) is 58.5 Å². The Morgan fingerprint density at radius 2 is 0.800 bits per heavy atom. The molecule has 8 rings (SSSR count). The van der Waals surface area contributed by atoms with Crippen LogP contribution in [0.5, 0.6) is 0 Å². The summed E-state index contributed by atoms with van der Waals surface area (Å²) in [6.45, 7) is 2.70. The molecule has 0 saturated carbocycles. The molecule has 2 saturated heterocycles. The average Bonchev–Trinajstić information content (AvgIpc) is 3.37. The Morgan fingerprint density at radius 3 is 1.25 bits per heavy atom. The van der Waals surface area contributed by atoms with Crippen LogP contribution in [0.3, 0.4) is 0 Å². The van der Waals surface area contributed by atoms with Crippen LogP contribution in [-0.2, 0) is 82.3 Å². The van der Waals surface area contributed by atoms with Gasteiger partial charge in [-0.3, -0.25) is 0 Å². The summed E-state index contributed by atoms with van der Waals surface area (Å²) in [6, 6.07) is 61.1. The molecule has 5 unspecified atom stereocenters. The number of benzene rings is 6. The van der Waals surface area contributed by atoms with Crippen molar-refractivity contribution in [3.63, 3.8) is 0 Å². The van der Waals surface area contributed by atoms with Crippen molar-refractivity contribution >= 4 is 11.8 Å². The SMILES string of the molecule is CO[C@H]1OC(CS[C@H]2CC(OCc3ccccc3)[C@H](OCc3ccccc3)C(COCc3ccccc3)O2)[C@@H](OCc2ccccc2)C(OCc2ccccc2)C1OCc1ccccc1. The first-order chi connectivity index (χ1) is 32.2. The zero-order valence-electron chi connectivity index (χ0n) is 37.0. The summed E-state index contributed by atoms with van der Waals surface area (Å²) >= 11 is 1.68.